The zero-order valence-electron chi connectivity index (χ0n) is 6.34. The zero-order chi connectivity index (χ0) is 9.90. The molecule has 0 fully saturated rings. The number of ether oxygens (including phenoxy) is 1. The van der Waals surface area contributed by atoms with Crippen LogP contribution in [0.15, 0.2) is 30.3 Å². The molecule has 0 saturated carbocycles. The Morgan fingerprint density at radius 3 is 2.15 bits per heavy atom. The summed E-state index contributed by atoms with van der Waals surface area (Å²) in [4.78, 5) is 11.2. The molecule has 0 spiro atoms. The summed E-state index contributed by atoms with van der Waals surface area (Å²) in [5.41, 5.74) is 0.342. The summed E-state index contributed by atoms with van der Waals surface area (Å²) >= 11 is 15.8. The molecule has 1 aromatic rings. The lowest BCUT2D eigenvalue weighted by atomic mass is 10.2. The molecule has 5 heteroatoms. The molecule has 0 heterocycles. The van der Waals surface area contributed by atoms with Gasteiger partial charge in [-0.3, -0.25) is 0 Å². The van der Waals surface area contributed by atoms with Gasteiger partial charge in [-0.05, 0) is 46.9 Å². The summed E-state index contributed by atoms with van der Waals surface area (Å²) in [5.74, 6) is -0.666. The van der Waals surface area contributed by atoms with Gasteiger partial charge in [0, 0.05) is 0 Å². The zero-order valence-corrected chi connectivity index (χ0v) is 8.60. The topological polar surface area (TPSA) is 26.3 Å². The van der Waals surface area contributed by atoms with Gasteiger partial charge in [-0.1, -0.05) is 18.2 Å². The van der Waals surface area contributed by atoms with Crippen LogP contribution < -0.4 is 0 Å². The van der Waals surface area contributed by atoms with E-state index >= 15 is 0 Å². The maximum Gasteiger partial charge on any atom is 0.341 e. The Kier molecular flexibility index (Phi) is 3.42. The number of rotatable bonds is 1. The molecule has 2 nitrogen and oxygen atoms in total. The molecular formula is C8H5Cl3O2. The van der Waals surface area contributed by atoms with Gasteiger partial charge in [-0.25, -0.2) is 4.79 Å². The second-order valence-corrected chi connectivity index (χ2v) is 4.38. The molecule has 1 aromatic carbocycles. The molecule has 0 saturated heterocycles. The molecule has 0 atom stereocenters. The van der Waals surface area contributed by atoms with Crippen molar-refractivity contribution in [1.29, 1.82) is 0 Å². The van der Waals surface area contributed by atoms with E-state index in [2.05, 4.69) is 4.74 Å². The van der Waals surface area contributed by atoms with Crippen LogP contribution in [0, 0.1) is 0 Å². The monoisotopic (exact) mass is 238 g/mol. The van der Waals surface area contributed by atoms with Crippen molar-refractivity contribution in [3.05, 3.63) is 35.9 Å². The first kappa shape index (κ1) is 10.6. The molecule has 70 valence electrons. The summed E-state index contributed by atoms with van der Waals surface area (Å²) in [5, 5.41) is 0. The molecule has 0 N–H and O–H groups in total. The fraction of sp³-hybridized carbons (Fsp3) is 0.125. The van der Waals surface area contributed by atoms with Crippen molar-refractivity contribution in [3.8, 4) is 0 Å². The molecular weight excluding hydrogens is 234 g/mol. The standard InChI is InChI=1S/C8H5Cl3O2/c9-8(10,11)13-7(12)6-4-2-1-3-5-6/h1-5H. The average molecular weight is 239 g/mol. The van der Waals surface area contributed by atoms with E-state index in [0.29, 0.717) is 5.56 Å². The third-order valence-corrected chi connectivity index (χ3v) is 1.45. The molecule has 1 rings (SSSR count). The Balaban J connectivity index is 2.71. The van der Waals surface area contributed by atoms with Crippen molar-refractivity contribution in [2.24, 2.45) is 0 Å². The minimum atomic E-state index is -2.01. The van der Waals surface area contributed by atoms with Crippen LogP contribution in [0.2, 0.25) is 0 Å². The van der Waals surface area contributed by atoms with E-state index in [4.69, 9.17) is 34.8 Å². The number of halogens is 3. The van der Waals surface area contributed by atoms with Crippen LogP contribution in [0.5, 0.6) is 0 Å². The highest BCUT2D eigenvalue weighted by molar-refractivity contribution is 6.66. The van der Waals surface area contributed by atoms with Gasteiger partial charge < -0.3 is 4.74 Å². The molecule has 0 aromatic heterocycles. The van der Waals surface area contributed by atoms with E-state index < -0.39 is 9.95 Å². The quantitative estimate of drug-likeness (QED) is 0.556. The van der Waals surface area contributed by atoms with E-state index in [0.717, 1.165) is 0 Å². The molecule has 0 amide bonds. The van der Waals surface area contributed by atoms with E-state index in [1.807, 2.05) is 0 Å². The summed E-state index contributed by atoms with van der Waals surface area (Å²) in [6.07, 6.45) is 0. The summed E-state index contributed by atoms with van der Waals surface area (Å²) in [7, 11) is 0. The lowest BCUT2D eigenvalue weighted by molar-refractivity contribution is 0.0491. The fourth-order valence-corrected chi connectivity index (χ4v) is 0.948. The van der Waals surface area contributed by atoms with Gasteiger partial charge >= 0.3 is 9.95 Å². The Morgan fingerprint density at radius 2 is 1.69 bits per heavy atom. The van der Waals surface area contributed by atoms with E-state index in [-0.39, 0.29) is 0 Å². The third-order valence-electron chi connectivity index (χ3n) is 1.22. The van der Waals surface area contributed by atoms with Crippen molar-refractivity contribution in [2.45, 2.75) is 3.98 Å². The smallest absolute Gasteiger partial charge is 0.341 e. The van der Waals surface area contributed by atoms with Gasteiger partial charge in [0.2, 0.25) is 0 Å². The number of hydrogen-bond acceptors (Lipinski definition) is 2. The summed E-state index contributed by atoms with van der Waals surface area (Å²) < 4.78 is 2.47. The molecule has 0 radical (unpaired) electrons. The van der Waals surface area contributed by atoms with E-state index in [1.165, 1.54) is 0 Å². The lowest BCUT2D eigenvalue weighted by Crippen LogP contribution is -2.15. The number of carbonyl (C=O) groups excluding carboxylic acids is 1. The number of alkyl halides is 3. The maximum absolute atomic E-state index is 11.2. The van der Waals surface area contributed by atoms with Crippen LogP contribution in [-0.4, -0.2) is 9.95 Å². The van der Waals surface area contributed by atoms with Crippen molar-refractivity contribution in [3.63, 3.8) is 0 Å². The molecule has 0 aliphatic rings. The second kappa shape index (κ2) is 4.18. The minimum Gasteiger partial charge on any atom is -0.411 e. The van der Waals surface area contributed by atoms with E-state index in [9.17, 15) is 4.79 Å². The van der Waals surface area contributed by atoms with Crippen LogP contribution >= 0.6 is 34.8 Å². The van der Waals surface area contributed by atoms with Gasteiger partial charge in [0.05, 0.1) is 5.56 Å². The van der Waals surface area contributed by atoms with Crippen LogP contribution in [0.4, 0.5) is 0 Å². The van der Waals surface area contributed by atoms with E-state index in [1.54, 1.807) is 30.3 Å². The van der Waals surface area contributed by atoms with Crippen LogP contribution in [0.1, 0.15) is 10.4 Å². The van der Waals surface area contributed by atoms with Crippen LogP contribution in [0.3, 0.4) is 0 Å². The first-order valence-corrected chi connectivity index (χ1v) is 4.47. The normalized spacial score (nSPS) is 11.0. The highest BCUT2D eigenvalue weighted by Crippen LogP contribution is 2.28. The lowest BCUT2D eigenvalue weighted by Gasteiger charge is -2.11. The first-order chi connectivity index (χ1) is 5.99. The van der Waals surface area contributed by atoms with Gasteiger partial charge in [0.1, 0.15) is 0 Å². The van der Waals surface area contributed by atoms with Crippen LogP contribution in [0.25, 0.3) is 0 Å². The molecule has 0 aliphatic heterocycles. The Morgan fingerprint density at radius 1 is 1.15 bits per heavy atom. The van der Waals surface area contributed by atoms with Crippen molar-refractivity contribution in [2.75, 3.05) is 0 Å². The number of benzene rings is 1. The predicted molar refractivity (Wildman–Crippen MR) is 52.1 cm³/mol. The second-order valence-electron chi connectivity index (χ2n) is 2.20. The first-order valence-electron chi connectivity index (χ1n) is 3.34. The highest BCUT2D eigenvalue weighted by atomic mass is 35.6. The molecule has 0 bridgehead atoms. The van der Waals surface area contributed by atoms with Crippen molar-refractivity contribution >= 4 is 40.8 Å². The predicted octanol–water partition coefficient (Wildman–Crippen LogP) is 3.17. The highest BCUT2D eigenvalue weighted by Gasteiger charge is 2.25. The Labute approximate surface area is 90.3 Å². The SMILES string of the molecule is O=C(OC(Cl)(Cl)Cl)c1ccccc1. The summed E-state index contributed by atoms with van der Waals surface area (Å²) in [6, 6.07) is 8.29. The minimum absolute atomic E-state index is 0.342. The van der Waals surface area contributed by atoms with Gasteiger partial charge in [-0.2, -0.15) is 0 Å². The van der Waals surface area contributed by atoms with Gasteiger partial charge in [0.25, 0.3) is 0 Å². The average Bonchev–Trinajstić information content (AvgIpc) is 2.03. The van der Waals surface area contributed by atoms with Crippen LogP contribution in [-0.2, 0) is 4.74 Å². The summed E-state index contributed by atoms with van der Waals surface area (Å²) in [6.45, 7) is 0. The number of esters is 1. The number of carbonyl (C=O) groups is 1. The third kappa shape index (κ3) is 3.85. The largest absolute Gasteiger partial charge is 0.411 e. The van der Waals surface area contributed by atoms with Crippen molar-refractivity contribution in [1.82, 2.24) is 0 Å². The number of hydrogen-bond donors (Lipinski definition) is 0. The van der Waals surface area contributed by atoms with Gasteiger partial charge in [-0.15, -0.1) is 0 Å². The molecule has 0 unspecified atom stereocenters. The Bertz CT molecular complexity index is 292. The van der Waals surface area contributed by atoms with Crippen molar-refractivity contribution < 1.29 is 9.53 Å². The Hall–Kier alpha value is -0.440. The fourth-order valence-electron chi connectivity index (χ4n) is 0.738. The molecule has 0 aliphatic carbocycles. The van der Waals surface area contributed by atoms with Gasteiger partial charge in [0.15, 0.2) is 0 Å². The molecule has 13 heavy (non-hydrogen) atoms. The maximum atomic E-state index is 11.2.